The lowest BCUT2D eigenvalue weighted by molar-refractivity contribution is -0.133. The Bertz CT molecular complexity index is 2440. The maximum Gasteiger partial charge on any atom is 0.346 e. The van der Waals surface area contributed by atoms with Crippen molar-refractivity contribution in [3.05, 3.63) is 194 Å². The van der Waals surface area contributed by atoms with Gasteiger partial charge < -0.3 is 15.1 Å². The van der Waals surface area contributed by atoms with E-state index >= 15 is 0 Å². The molecule has 0 unspecified atom stereocenters. The minimum absolute atomic E-state index is 0.318. The summed E-state index contributed by atoms with van der Waals surface area (Å²) in [6.45, 7) is 0. The molecule has 1 heterocycles. The smallest absolute Gasteiger partial charge is 0.346 e. The molecule has 1 aromatic heterocycles. The van der Waals surface area contributed by atoms with Crippen LogP contribution in [0.2, 0.25) is 0 Å². The van der Waals surface area contributed by atoms with Gasteiger partial charge in [-0.05, 0) is 106 Å². The van der Waals surface area contributed by atoms with Gasteiger partial charge in [-0.15, -0.1) is 11.3 Å². The number of hydrogen-bond donors (Lipinski definition) is 2. The van der Waals surface area contributed by atoms with Crippen molar-refractivity contribution in [2.75, 3.05) is 4.90 Å². The summed E-state index contributed by atoms with van der Waals surface area (Å²) in [5, 5.41) is 36.8. The molecule has 0 amide bonds. The number of nitriles is 2. The van der Waals surface area contributed by atoms with E-state index in [0.717, 1.165) is 49.8 Å². The number of hydrogen-bond acceptors (Lipinski definition) is 6. The Balaban J connectivity index is 1.32. The molecule has 0 saturated carbocycles. The Kier molecular flexibility index (Phi) is 11.5. The van der Waals surface area contributed by atoms with Crippen LogP contribution >= 0.6 is 11.3 Å². The lowest BCUT2D eigenvalue weighted by Gasteiger charge is -2.26. The largest absolute Gasteiger partial charge is 0.477 e. The normalized spacial score (nSPS) is 11.4. The highest BCUT2D eigenvalue weighted by Gasteiger charge is 2.14. The van der Waals surface area contributed by atoms with E-state index in [1.807, 2.05) is 91.0 Å². The third kappa shape index (κ3) is 9.03. The average molecular weight is 722 g/mol. The number of carboxylic acid groups (broad SMARTS) is 2. The van der Waals surface area contributed by atoms with Crippen LogP contribution in [0.3, 0.4) is 0 Å². The lowest BCUT2D eigenvalue weighted by atomic mass is 9.95. The zero-order chi connectivity index (χ0) is 37.9. The van der Waals surface area contributed by atoms with Crippen molar-refractivity contribution in [1.82, 2.24) is 0 Å². The first kappa shape index (κ1) is 36.3. The minimum Gasteiger partial charge on any atom is -0.477 e. The van der Waals surface area contributed by atoms with Crippen LogP contribution in [0.25, 0.3) is 36.0 Å². The monoisotopic (exact) mass is 721 g/mol. The van der Waals surface area contributed by atoms with E-state index in [9.17, 15) is 20.0 Å². The predicted octanol–water partition coefficient (Wildman–Crippen LogP) is 11.0. The standard InChI is InChI=1S/C46H31N3O4S/c47-30-37(45(50)51)27-33-13-20-40(21-14-33)49(39-18-11-32(12-19-39)17-24-42-25-26-43(54-42)29-38(31-48)46(52)53)41-22-15-34(16-23-41)28-44(35-7-3-1-4-8-35)36-9-5-2-6-10-36/h1-29H,(H,50,51)(H,52,53)/b24-17+,37-27+,38-29+. The number of rotatable bonds is 12. The molecule has 0 fully saturated rings. The maximum atomic E-state index is 11.4. The molecule has 2 N–H and O–H groups in total. The van der Waals surface area contributed by atoms with Gasteiger partial charge in [0.15, 0.2) is 0 Å². The molecule has 0 bridgehead atoms. The summed E-state index contributed by atoms with van der Waals surface area (Å²) in [6.07, 6.45) is 8.78. The molecule has 6 rings (SSSR count). The first-order valence-corrected chi connectivity index (χ1v) is 17.5. The Morgan fingerprint density at radius 3 is 1.39 bits per heavy atom. The van der Waals surface area contributed by atoms with Crippen LogP contribution in [0.5, 0.6) is 0 Å². The molecule has 0 spiro atoms. The van der Waals surface area contributed by atoms with E-state index in [2.05, 4.69) is 59.5 Å². The number of benzene rings is 5. The summed E-state index contributed by atoms with van der Waals surface area (Å²) in [4.78, 5) is 26.3. The summed E-state index contributed by atoms with van der Waals surface area (Å²) >= 11 is 1.38. The Hall–Kier alpha value is -7.52. The molecule has 0 aliphatic carbocycles. The highest BCUT2D eigenvalue weighted by molar-refractivity contribution is 7.13. The molecule has 8 heteroatoms. The zero-order valence-corrected chi connectivity index (χ0v) is 29.5. The first-order chi connectivity index (χ1) is 26.3. The number of anilines is 3. The molecule has 260 valence electrons. The van der Waals surface area contributed by atoms with Gasteiger partial charge in [-0.3, -0.25) is 0 Å². The Morgan fingerprint density at radius 2 is 0.926 bits per heavy atom. The fraction of sp³-hybridized carbons (Fsp3) is 0. The van der Waals surface area contributed by atoms with Gasteiger partial charge in [0.2, 0.25) is 0 Å². The quantitative estimate of drug-likeness (QED) is 0.0732. The molecule has 5 aromatic carbocycles. The summed E-state index contributed by atoms with van der Waals surface area (Å²) in [7, 11) is 0. The molecule has 0 atom stereocenters. The molecule has 54 heavy (non-hydrogen) atoms. The Labute approximate surface area is 316 Å². The van der Waals surface area contributed by atoms with Crippen molar-refractivity contribution in [2.45, 2.75) is 0 Å². The van der Waals surface area contributed by atoms with E-state index < -0.39 is 11.9 Å². The number of carbonyl (C=O) groups is 2. The molecular weight excluding hydrogens is 691 g/mol. The molecule has 0 aliphatic rings. The zero-order valence-electron chi connectivity index (χ0n) is 28.7. The van der Waals surface area contributed by atoms with E-state index in [0.29, 0.717) is 10.4 Å². The fourth-order valence-electron chi connectivity index (χ4n) is 5.66. The van der Waals surface area contributed by atoms with Gasteiger partial charge in [-0.2, -0.15) is 10.5 Å². The van der Waals surface area contributed by atoms with Crippen LogP contribution in [0.1, 0.15) is 37.6 Å². The summed E-state index contributed by atoms with van der Waals surface area (Å²) < 4.78 is 0. The van der Waals surface area contributed by atoms with Gasteiger partial charge in [0.1, 0.15) is 23.3 Å². The third-order valence-corrected chi connectivity index (χ3v) is 9.32. The van der Waals surface area contributed by atoms with Gasteiger partial charge in [-0.25, -0.2) is 9.59 Å². The van der Waals surface area contributed by atoms with E-state index in [1.54, 1.807) is 30.3 Å². The summed E-state index contributed by atoms with van der Waals surface area (Å²) in [6, 6.07) is 51.3. The SMILES string of the molecule is N#C/C(=C\c1ccc(N(c2ccc(C=C(c3ccccc3)c3ccccc3)cc2)c2ccc(/C=C/c3ccc(/C=C(\C#N)C(=O)O)s3)cc2)cc1)C(=O)O. The maximum absolute atomic E-state index is 11.4. The van der Waals surface area contributed by atoms with Crippen LogP contribution in [0.4, 0.5) is 17.1 Å². The van der Waals surface area contributed by atoms with Gasteiger partial charge in [0.05, 0.1) is 0 Å². The van der Waals surface area contributed by atoms with Crippen molar-refractivity contribution in [2.24, 2.45) is 0 Å². The molecule has 0 saturated heterocycles. The van der Waals surface area contributed by atoms with Crippen LogP contribution in [-0.4, -0.2) is 22.2 Å². The molecule has 7 nitrogen and oxygen atoms in total. The van der Waals surface area contributed by atoms with Gasteiger partial charge in [-0.1, -0.05) is 103 Å². The van der Waals surface area contributed by atoms with Crippen molar-refractivity contribution in [1.29, 1.82) is 10.5 Å². The lowest BCUT2D eigenvalue weighted by Crippen LogP contribution is -2.10. The number of aliphatic carboxylic acids is 2. The second kappa shape index (κ2) is 17.1. The van der Waals surface area contributed by atoms with Crippen LogP contribution in [-0.2, 0) is 9.59 Å². The Morgan fingerprint density at radius 1 is 0.500 bits per heavy atom. The fourth-order valence-corrected chi connectivity index (χ4v) is 6.52. The second-order valence-corrected chi connectivity index (χ2v) is 13.1. The highest BCUT2D eigenvalue weighted by Crippen LogP contribution is 2.36. The molecule has 0 radical (unpaired) electrons. The van der Waals surface area contributed by atoms with Crippen molar-refractivity contribution >= 4 is 76.3 Å². The second-order valence-electron chi connectivity index (χ2n) is 11.9. The van der Waals surface area contributed by atoms with E-state index in [1.165, 1.54) is 23.5 Å². The number of thiophene rings is 1. The van der Waals surface area contributed by atoms with Gasteiger partial charge >= 0.3 is 11.9 Å². The van der Waals surface area contributed by atoms with Gasteiger partial charge in [0, 0.05) is 26.8 Å². The summed E-state index contributed by atoms with van der Waals surface area (Å²) in [5.74, 6) is -2.54. The third-order valence-electron chi connectivity index (χ3n) is 8.32. The van der Waals surface area contributed by atoms with Crippen molar-refractivity contribution in [3.63, 3.8) is 0 Å². The molecule has 6 aromatic rings. The summed E-state index contributed by atoms with van der Waals surface area (Å²) in [5.41, 5.74) is 7.85. The molecule has 0 aliphatic heterocycles. The highest BCUT2D eigenvalue weighted by atomic mass is 32.1. The van der Waals surface area contributed by atoms with Crippen LogP contribution in [0.15, 0.2) is 157 Å². The minimum atomic E-state index is -1.28. The predicted molar refractivity (Wildman–Crippen MR) is 217 cm³/mol. The van der Waals surface area contributed by atoms with E-state index in [-0.39, 0.29) is 11.1 Å². The van der Waals surface area contributed by atoms with E-state index in [4.69, 9.17) is 10.4 Å². The van der Waals surface area contributed by atoms with Crippen LogP contribution in [0, 0.1) is 22.7 Å². The topological polar surface area (TPSA) is 125 Å². The number of carboxylic acids is 2. The van der Waals surface area contributed by atoms with Crippen LogP contribution < -0.4 is 4.90 Å². The number of nitrogens with zero attached hydrogens (tertiary/aromatic N) is 3. The average Bonchev–Trinajstić information content (AvgIpc) is 3.66. The van der Waals surface area contributed by atoms with Crippen molar-refractivity contribution in [3.8, 4) is 12.1 Å². The first-order valence-electron chi connectivity index (χ1n) is 16.7. The van der Waals surface area contributed by atoms with Gasteiger partial charge in [0.25, 0.3) is 0 Å². The van der Waals surface area contributed by atoms with Crippen molar-refractivity contribution < 1.29 is 19.8 Å². The molecular formula is C46H31N3O4S.